The van der Waals surface area contributed by atoms with Crippen molar-refractivity contribution in [3.8, 4) is 22.8 Å². The van der Waals surface area contributed by atoms with Gasteiger partial charge in [0.25, 0.3) is 5.60 Å². The van der Waals surface area contributed by atoms with Crippen molar-refractivity contribution in [1.29, 1.82) is 0 Å². The quantitative estimate of drug-likeness (QED) is 0.179. The summed E-state index contributed by atoms with van der Waals surface area (Å²) in [6.45, 7) is 0.0493. The Hall–Kier alpha value is -2.83. The molecule has 4 nitrogen and oxygen atoms in total. The molecular formula is C24H16BrF6NO3S. The molecule has 0 radical (unpaired) electrons. The maximum Gasteiger partial charge on any atom is 0.430 e. The summed E-state index contributed by atoms with van der Waals surface area (Å²) >= 11 is 4.72. The summed E-state index contributed by atoms with van der Waals surface area (Å²) in [5.41, 5.74) is -4.51. The SMILES string of the molecule is OC(c1ccc(OCCOc2ccc3c(-c4ccc(Br)cc4)nsc3c2)cc1)(C(F)(F)F)C(F)(F)F. The van der Waals surface area contributed by atoms with Crippen LogP contribution in [-0.4, -0.2) is 35.0 Å². The van der Waals surface area contributed by atoms with Crippen LogP contribution in [0.3, 0.4) is 0 Å². The summed E-state index contributed by atoms with van der Waals surface area (Å²) in [5.74, 6) is 0.568. The van der Waals surface area contributed by atoms with Crippen molar-refractivity contribution < 1.29 is 40.9 Å². The Morgan fingerprint density at radius 3 is 1.92 bits per heavy atom. The van der Waals surface area contributed by atoms with Gasteiger partial charge in [0, 0.05) is 21.0 Å². The number of aliphatic hydroxyl groups is 1. The molecule has 0 saturated heterocycles. The Bertz CT molecular complexity index is 1320. The van der Waals surface area contributed by atoms with Gasteiger partial charge in [-0.2, -0.15) is 30.7 Å². The maximum atomic E-state index is 13.0. The predicted octanol–water partition coefficient (Wildman–Crippen LogP) is 7.50. The van der Waals surface area contributed by atoms with Gasteiger partial charge in [-0.25, -0.2) is 0 Å². The average molecular weight is 592 g/mol. The molecule has 0 aliphatic rings. The van der Waals surface area contributed by atoms with Crippen molar-refractivity contribution >= 4 is 37.5 Å². The van der Waals surface area contributed by atoms with E-state index in [1.807, 2.05) is 36.4 Å². The van der Waals surface area contributed by atoms with E-state index in [1.54, 1.807) is 6.07 Å². The zero-order valence-electron chi connectivity index (χ0n) is 18.0. The zero-order valence-corrected chi connectivity index (χ0v) is 20.4. The van der Waals surface area contributed by atoms with Gasteiger partial charge in [-0.05, 0) is 54.0 Å². The Labute approximate surface area is 213 Å². The molecule has 0 amide bonds. The van der Waals surface area contributed by atoms with E-state index in [-0.39, 0.29) is 19.0 Å². The van der Waals surface area contributed by atoms with Crippen LogP contribution in [0.25, 0.3) is 21.3 Å². The molecule has 0 bridgehead atoms. The molecule has 0 unspecified atom stereocenters. The van der Waals surface area contributed by atoms with E-state index in [1.165, 1.54) is 11.5 Å². The largest absolute Gasteiger partial charge is 0.490 e. The van der Waals surface area contributed by atoms with Crippen LogP contribution in [0.2, 0.25) is 0 Å². The highest BCUT2D eigenvalue weighted by Gasteiger charge is 2.71. The molecule has 12 heteroatoms. The lowest BCUT2D eigenvalue weighted by Gasteiger charge is -2.32. The van der Waals surface area contributed by atoms with Crippen LogP contribution >= 0.6 is 27.5 Å². The molecule has 0 spiro atoms. The van der Waals surface area contributed by atoms with Crippen LogP contribution < -0.4 is 9.47 Å². The summed E-state index contributed by atoms with van der Waals surface area (Å²) in [7, 11) is 0. The lowest BCUT2D eigenvalue weighted by Crippen LogP contribution is -2.53. The molecule has 1 N–H and O–H groups in total. The lowest BCUT2D eigenvalue weighted by atomic mass is 9.92. The summed E-state index contributed by atoms with van der Waals surface area (Å²) < 4.78 is 95.2. The van der Waals surface area contributed by atoms with Gasteiger partial charge in [-0.1, -0.05) is 40.2 Å². The summed E-state index contributed by atoms with van der Waals surface area (Å²) in [4.78, 5) is 0. The fourth-order valence-corrected chi connectivity index (χ4v) is 4.51. The van der Waals surface area contributed by atoms with Crippen LogP contribution in [0.1, 0.15) is 5.56 Å². The predicted molar refractivity (Wildman–Crippen MR) is 126 cm³/mol. The number of benzene rings is 3. The number of rotatable bonds is 7. The van der Waals surface area contributed by atoms with E-state index in [4.69, 9.17) is 9.47 Å². The molecule has 190 valence electrons. The van der Waals surface area contributed by atoms with Crippen LogP contribution in [-0.2, 0) is 5.60 Å². The first-order chi connectivity index (χ1) is 16.9. The number of hydrogen-bond acceptors (Lipinski definition) is 5. The number of alkyl halides is 6. The van der Waals surface area contributed by atoms with Gasteiger partial charge >= 0.3 is 12.4 Å². The highest BCUT2D eigenvalue weighted by Crippen LogP contribution is 2.50. The van der Waals surface area contributed by atoms with E-state index in [0.717, 1.165) is 37.9 Å². The van der Waals surface area contributed by atoms with Gasteiger partial charge in [0.2, 0.25) is 0 Å². The molecule has 1 heterocycles. The minimum Gasteiger partial charge on any atom is -0.490 e. The van der Waals surface area contributed by atoms with Crippen LogP contribution in [0.15, 0.2) is 71.2 Å². The Balaban J connectivity index is 1.36. The Morgan fingerprint density at radius 2 is 1.33 bits per heavy atom. The number of fused-ring (bicyclic) bond motifs is 1. The lowest BCUT2D eigenvalue weighted by molar-refractivity contribution is -0.376. The van der Waals surface area contributed by atoms with E-state index in [0.29, 0.717) is 17.9 Å². The van der Waals surface area contributed by atoms with E-state index in [2.05, 4.69) is 20.3 Å². The molecule has 0 aliphatic heterocycles. The maximum absolute atomic E-state index is 13.0. The molecule has 36 heavy (non-hydrogen) atoms. The first-order valence-electron chi connectivity index (χ1n) is 10.3. The minimum atomic E-state index is -5.94. The third-order valence-electron chi connectivity index (χ3n) is 5.27. The second-order valence-corrected chi connectivity index (χ2v) is 9.34. The van der Waals surface area contributed by atoms with Gasteiger partial charge in [-0.3, -0.25) is 0 Å². The molecule has 0 fully saturated rings. The monoisotopic (exact) mass is 591 g/mol. The number of aromatic nitrogens is 1. The van der Waals surface area contributed by atoms with Gasteiger partial charge < -0.3 is 14.6 Å². The molecule has 4 aromatic rings. The fraction of sp³-hybridized carbons (Fsp3) is 0.208. The minimum absolute atomic E-state index is 0.0195. The van der Waals surface area contributed by atoms with Gasteiger partial charge in [0.1, 0.15) is 24.7 Å². The number of nitrogens with zero attached hydrogens (tertiary/aromatic N) is 1. The van der Waals surface area contributed by atoms with Crippen LogP contribution in [0, 0.1) is 0 Å². The second kappa shape index (κ2) is 9.91. The first kappa shape index (κ1) is 26.2. The van der Waals surface area contributed by atoms with Gasteiger partial charge in [0.05, 0.1) is 10.4 Å². The summed E-state index contributed by atoms with van der Waals surface area (Å²) in [5, 5.41) is 10.4. The molecule has 0 saturated carbocycles. The van der Waals surface area contributed by atoms with Crippen molar-refractivity contribution in [2.24, 2.45) is 0 Å². The molecule has 4 rings (SSSR count). The average Bonchev–Trinajstić information content (AvgIpc) is 3.24. The van der Waals surface area contributed by atoms with Gasteiger partial charge in [0.15, 0.2) is 0 Å². The van der Waals surface area contributed by atoms with E-state index < -0.39 is 23.5 Å². The summed E-state index contributed by atoms with van der Waals surface area (Å²) in [6.07, 6.45) is -11.9. The highest BCUT2D eigenvalue weighted by atomic mass is 79.9. The van der Waals surface area contributed by atoms with Crippen molar-refractivity contribution in [3.63, 3.8) is 0 Å². The molecule has 1 aromatic heterocycles. The number of hydrogen-bond donors (Lipinski definition) is 1. The fourth-order valence-electron chi connectivity index (χ4n) is 3.42. The smallest absolute Gasteiger partial charge is 0.430 e. The standard InChI is InChI=1S/C24H16BrF6NO3S/c25-16-5-1-14(2-6-16)21-19-10-9-18(13-20(19)36-32-21)35-12-11-34-17-7-3-15(4-8-17)22(33,23(26,27)28)24(29,30)31/h1-10,13,33H,11-12H2. The third-order valence-corrected chi connectivity index (χ3v) is 6.61. The molecule has 3 aromatic carbocycles. The normalized spacial score (nSPS) is 12.7. The Morgan fingerprint density at radius 1 is 0.778 bits per heavy atom. The third kappa shape index (κ3) is 5.16. The van der Waals surface area contributed by atoms with Crippen molar-refractivity contribution in [1.82, 2.24) is 4.37 Å². The first-order valence-corrected chi connectivity index (χ1v) is 11.8. The van der Waals surface area contributed by atoms with Crippen molar-refractivity contribution in [3.05, 3.63) is 76.8 Å². The van der Waals surface area contributed by atoms with Crippen molar-refractivity contribution in [2.75, 3.05) is 13.2 Å². The molecule has 0 aliphatic carbocycles. The topological polar surface area (TPSA) is 51.6 Å². The van der Waals surface area contributed by atoms with E-state index in [9.17, 15) is 31.4 Å². The molecular weight excluding hydrogens is 576 g/mol. The Kier molecular flexibility index (Phi) is 7.22. The number of ether oxygens (including phenoxy) is 2. The van der Waals surface area contributed by atoms with Gasteiger partial charge in [-0.15, -0.1) is 0 Å². The van der Waals surface area contributed by atoms with E-state index >= 15 is 0 Å². The zero-order chi connectivity index (χ0) is 26.1. The summed E-state index contributed by atoms with van der Waals surface area (Å²) in [6, 6.07) is 16.1. The van der Waals surface area contributed by atoms with Crippen LogP contribution in [0.4, 0.5) is 26.3 Å². The second-order valence-electron chi connectivity index (χ2n) is 7.62. The molecule has 0 atom stereocenters. The van der Waals surface area contributed by atoms with Crippen molar-refractivity contribution in [2.45, 2.75) is 18.0 Å². The number of halogens is 7. The van der Waals surface area contributed by atoms with Crippen LogP contribution in [0.5, 0.6) is 11.5 Å². The highest BCUT2D eigenvalue weighted by molar-refractivity contribution is 9.10.